The summed E-state index contributed by atoms with van der Waals surface area (Å²) in [4.78, 5) is 0. The number of aromatic nitrogens is 2. The molecule has 0 amide bonds. The fourth-order valence-electron chi connectivity index (χ4n) is 2.14. The molecule has 0 aliphatic carbocycles. The Morgan fingerprint density at radius 2 is 2.05 bits per heavy atom. The zero-order chi connectivity index (χ0) is 15.4. The van der Waals surface area contributed by atoms with Gasteiger partial charge < -0.3 is 9.84 Å². The van der Waals surface area contributed by atoms with Gasteiger partial charge >= 0.3 is 0 Å². The first-order valence-corrected chi connectivity index (χ1v) is 8.46. The highest BCUT2D eigenvalue weighted by atomic mass is 79.9. The van der Waals surface area contributed by atoms with Crippen LogP contribution >= 0.6 is 31.9 Å². The molecule has 1 aromatic carbocycles. The second-order valence-corrected chi connectivity index (χ2v) is 6.20. The summed E-state index contributed by atoms with van der Waals surface area (Å²) in [6.07, 6.45) is 0.873. The normalized spacial score (nSPS) is 10.9. The Morgan fingerprint density at radius 1 is 1.29 bits per heavy atom. The molecule has 1 aromatic heterocycles. The molecule has 0 fully saturated rings. The van der Waals surface area contributed by atoms with Crippen molar-refractivity contribution in [1.29, 1.82) is 0 Å². The van der Waals surface area contributed by atoms with Gasteiger partial charge in [-0.15, -0.1) is 0 Å². The van der Waals surface area contributed by atoms with Crippen LogP contribution in [0.5, 0.6) is 5.75 Å². The Kier molecular flexibility index (Phi) is 5.84. The number of halogens is 2. The smallest absolute Gasteiger partial charge is 0.139 e. The van der Waals surface area contributed by atoms with Gasteiger partial charge in [0.1, 0.15) is 12.4 Å². The zero-order valence-electron chi connectivity index (χ0n) is 12.1. The second kappa shape index (κ2) is 7.42. The van der Waals surface area contributed by atoms with E-state index in [-0.39, 0.29) is 6.61 Å². The van der Waals surface area contributed by atoms with Crippen LogP contribution in [0.1, 0.15) is 30.8 Å². The van der Waals surface area contributed by atoms with Crippen molar-refractivity contribution in [3.05, 3.63) is 44.1 Å². The van der Waals surface area contributed by atoms with Crippen LogP contribution in [0.3, 0.4) is 0 Å². The first kappa shape index (κ1) is 16.5. The van der Waals surface area contributed by atoms with Crippen LogP contribution in [0, 0.1) is 0 Å². The monoisotopic (exact) mass is 416 g/mol. The Hall–Kier alpha value is -0.850. The van der Waals surface area contributed by atoms with Crippen molar-refractivity contribution in [2.75, 3.05) is 0 Å². The summed E-state index contributed by atoms with van der Waals surface area (Å²) in [5.74, 6) is 0.675. The lowest BCUT2D eigenvalue weighted by Gasteiger charge is -2.13. The number of aliphatic hydroxyl groups excluding tert-OH is 1. The average Bonchev–Trinajstić information content (AvgIpc) is 2.81. The van der Waals surface area contributed by atoms with E-state index in [1.165, 1.54) is 0 Å². The molecule has 4 nitrogen and oxygen atoms in total. The summed E-state index contributed by atoms with van der Waals surface area (Å²) in [7, 11) is 0. The summed E-state index contributed by atoms with van der Waals surface area (Å²) < 4.78 is 9.71. The number of rotatable bonds is 6. The third kappa shape index (κ3) is 3.49. The highest BCUT2D eigenvalue weighted by molar-refractivity contribution is 9.10. The first-order valence-electron chi connectivity index (χ1n) is 6.87. The minimum absolute atomic E-state index is 0.0524. The van der Waals surface area contributed by atoms with E-state index in [9.17, 15) is 5.11 Å². The molecule has 0 saturated heterocycles. The largest absolute Gasteiger partial charge is 0.486 e. The fraction of sp³-hybridized carbons (Fsp3) is 0.400. The molecule has 114 valence electrons. The van der Waals surface area contributed by atoms with Gasteiger partial charge in [0.25, 0.3) is 0 Å². The summed E-state index contributed by atoms with van der Waals surface area (Å²) in [6.45, 7) is 5.27. The number of nitrogens with zero attached hydrogens (tertiary/aromatic N) is 2. The van der Waals surface area contributed by atoms with Crippen LogP contribution in [0.2, 0.25) is 0 Å². The van der Waals surface area contributed by atoms with Gasteiger partial charge in [0.05, 0.1) is 26.9 Å². The van der Waals surface area contributed by atoms with Crippen molar-refractivity contribution in [1.82, 2.24) is 9.78 Å². The number of benzene rings is 1. The molecule has 0 bridgehead atoms. The van der Waals surface area contributed by atoms with Gasteiger partial charge in [-0.1, -0.05) is 19.1 Å². The molecular weight excluding hydrogens is 400 g/mol. The van der Waals surface area contributed by atoms with Crippen LogP contribution in [0.15, 0.2) is 27.1 Å². The molecule has 0 atom stereocenters. The number of hydrogen-bond acceptors (Lipinski definition) is 3. The predicted molar refractivity (Wildman–Crippen MR) is 89.4 cm³/mol. The van der Waals surface area contributed by atoms with Gasteiger partial charge in [-0.05, 0) is 51.3 Å². The maximum absolute atomic E-state index is 9.41. The van der Waals surface area contributed by atoms with Crippen LogP contribution in [-0.4, -0.2) is 14.9 Å². The van der Waals surface area contributed by atoms with Gasteiger partial charge in [0, 0.05) is 12.1 Å². The molecule has 0 aliphatic heterocycles. The van der Waals surface area contributed by atoms with Crippen molar-refractivity contribution >= 4 is 31.9 Å². The Morgan fingerprint density at radius 3 is 2.67 bits per heavy atom. The van der Waals surface area contributed by atoms with Gasteiger partial charge in [0.2, 0.25) is 0 Å². The predicted octanol–water partition coefficient (Wildman–Crippen LogP) is 4.06. The topological polar surface area (TPSA) is 47.3 Å². The maximum Gasteiger partial charge on any atom is 0.139 e. The van der Waals surface area contributed by atoms with Crippen molar-refractivity contribution in [3.63, 3.8) is 0 Å². The van der Waals surface area contributed by atoms with Crippen molar-refractivity contribution in [3.8, 4) is 5.75 Å². The molecule has 0 radical (unpaired) electrons. The summed E-state index contributed by atoms with van der Waals surface area (Å²) >= 11 is 7.07. The molecule has 1 N–H and O–H groups in total. The van der Waals surface area contributed by atoms with Crippen molar-refractivity contribution in [2.24, 2.45) is 0 Å². The lowest BCUT2D eigenvalue weighted by Crippen LogP contribution is -2.07. The Balaban J connectivity index is 2.26. The summed E-state index contributed by atoms with van der Waals surface area (Å²) in [5.41, 5.74) is 2.80. The maximum atomic E-state index is 9.41. The number of ether oxygens (including phenoxy) is 1. The van der Waals surface area contributed by atoms with E-state index in [1.54, 1.807) is 0 Å². The van der Waals surface area contributed by atoms with E-state index >= 15 is 0 Å². The molecule has 0 saturated carbocycles. The fourth-order valence-corrected chi connectivity index (χ4v) is 3.34. The molecule has 2 rings (SSSR count). The lowest BCUT2D eigenvalue weighted by atomic mass is 10.2. The van der Waals surface area contributed by atoms with Gasteiger partial charge in [-0.25, -0.2) is 0 Å². The van der Waals surface area contributed by atoms with Gasteiger partial charge in [0.15, 0.2) is 0 Å². The second-order valence-electron chi connectivity index (χ2n) is 4.55. The Labute approximate surface area is 141 Å². The molecular formula is C15H18Br2N2O2. The number of hydrogen-bond donors (Lipinski definition) is 1. The van der Waals surface area contributed by atoms with Gasteiger partial charge in [-0.2, -0.15) is 5.10 Å². The molecule has 0 aliphatic rings. The summed E-state index contributed by atoms with van der Waals surface area (Å²) in [5, 5.41) is 14.0. The van der Waals surface area contributed by atoms with Crippen molar-refractivity contribution in [2.45, 2.75) is 40.0 Å². The van der Waals surface area contributed by atoms with Crippen molar-refractivity contribution < 1.29 is 9.84 Å². The number of aryl methyl sites for hydroxylation is 2. The average molecular weight is 418 g/mol. The minimum Gasteiger partial charge on any atom is -0.486 e. The molecule has 1 heterocycles. The van der Waals surface area contributed by atoms with Crippen LogP contribution in [-0.2, 0) is 26.2 Å². The zero-order valence-corrected chi connectivity index (χ0v) is 15.2. The third-order valence-electron chi connectivity index (χ3n) is 3.27. The molecule has 2 aromatic rings. The van der Waals surface area contributed by atoms with E-state index < -0.39 is 0 Å². The highest BCUT2D eigenvalue weighted by Crippen LogP contribution is 2.31. The quantitative estimate of drug-likeness (QED) is 0.770. The van der Waals surface area contributed by atoms with E-state index in [1.807, 2.05) is 22.9 Å². The molecule has 6 heteroatoms. The highest BCUT2D eigenvalue weighted by Gasteiger charge is 2.16. The van der Waals surface area contributed by atoms with Crippen LogP contribution < -0.4 is 4.74 Å². The van der Waals surface area contributed by atoms with Crippen LogP contribution in [0.25, 0.3) is 0 Å². The summed E-state index contributed by atoms with van der Waals surface area (Å²) in [6, 6.07) is 5.63. The molecule has 0 spiro atoms. The van der Waals surface area contributed by atoms with E-state index in [2.05, 4.69) is 50.8 Å². The van der Waals surface area contributed by atoms with E-state index in [0.717, 1.165) is 38.9 Å². The van der Waals surface area contributed by atoms with E-state index in [4.69, 9.17) is 4.74 Å². The standard InChI is InChI=1S/C15H18Br2N2O2/c1-3-12-14(17)13(19(4-2)18-12)9-21-15-10(8-20)6-5-7-11(15)16/h5-7,20H,3-4,8-9H2,1-2H3. The number of aliphatic hydroxyl groups is 1. The van der Waals surface area contributed by atoms with E-state index in [0.29, 0.717) is 12.4 Å². The first-order chi connectivity index (χ1) is 10.1. The Bertz CT molecular complexity index is 626. The number of para-hydroxylation sites is 1. The molecule has 0 unspecified atom stereocenters. The SMILES string of the molecule is CCc1nn(CC)c(COc2c(Br)cccc2CO)c1Br. The van der Waals surface area contributed by atoms with Gasteiger partial charge in [-0.3, -0.25) is 4.68 Å². The minimum atomic E-state index is -0.0524. The van der Waals surface area contributed by atoms with Crippen LogP contribution in [0.4, 0.5) is 0 Å². The molecule has 21 heavy (non-hydrogen) atoms. The third-order valence-corrected chi connectivity index (χ3v) is 4.81. The lowest BCUT2D eigenvalue weighted by molar-refractivity contribution is 0.253.